The van der Waals surface area contributed by atoms with E-state index in [4.69, 9.17) is 4.52 Å². The van der Waals surface area contributed by atoms with Gasteiger partial charge in [-0.2, -0.15) is 0 Å². The highest BCUT2D eigenvalue weighted by molar-refractivity contribution is 7.23. The summed E-state index contributed by atoms with van der Waals surface area (Å²) in [6.45, 7) is 6.83. The lowest BCUT2D eigenvalue weighted by Crippen LogP contribution is -2.41. The maximum atomic E-state index is 10.9. The first-order valence-electron chi connectivity index (χ1n) is 7.14. The van der Waals surface area contributed by atoms with E-state index in [0.29, 0.717) is 11.8 Å². The molecule has 2 rings (SSSR count). The molecule has 106 valence electrons. The number of benzene rings is 1. The average molecular weight is 279 g/mol. The van der Waals surface area contributed by atoms with Crippen molar-refractivity contribution in [2.24, 2.45) is 11.8 Å². The van der Waals surface area contributed by atoms with Gasteiger partial charge in [0.1, 0.15) is 0 Å². The van der Waals surface area contributed by atoms with E-state index in [9.17, 15) is 4.89 Å². The fraction of sp³-hybridized carbons (Fsp3) is 0.625. The molecule has 0 aromatic heterocycles. The molecule has 0 radical (unpaired) electrons. The van der Waals surface area contributed by atoms with Crippen molar-refractivity contribution < 1.29 is 9.42 Å². The second kappa shape index (κ2) is 6.35. The molecule has 1 fully saturated rings. The Morgan fingerprint density at radius 2 is 1.89 bits per heavy atom. The SMILES string of the molecule is C[C@@H]1CC[C@@H](C(C)(C)c2ccccc2)[C@H](OP[O-])C1. The third-order valence-electron chi connectivity index (χ3n) is 4.70. The van der Waals surface area contributed by atoms with Gasteiger partial charge in [-0.25, -0.2) is 0 Å². The molecule has 3 heteroatoms. The van der Waals surface area contributed by atoms with Gasteiger partial charge >= 0.3 is 0 Å². The largest absolute Gasteiger partial charge is 0.810 e. The van der Waals surface area contributed by atoms with Gasteiger partial charge in [-0.15, -0.1) is 0 Å². The first kappa shape index (κ1) is 15.0. The van der Waals surface area contributed by atoms with Crippen LogP contribution < -0.4 is 4.89 Å². The van der Waals surface area contributed by atoms with Crippen LogP contribution in [-0.2, 0) is 9.94 Å². The van der Waals surface area contributed by atoms with Gasteiger partial charge < -0.3 is 9.42 Å². The zero-order chi connectivity index (χ0) is 13.9. The summed E-state index contributed by atoms with van der Waals surface area (Å²) in [7, 11) is -0.649. The van der Waals surface area contributed by atoms with Crippen molar-refractivity contribution in [3.05, 3.63) is 35.9 Å². The van der Waals surface area contributed by atoms with E-state index in [1.165, 1.54) is 12.0 Å². The van der Waals surface area contributed by atoms with Gasteiger partial charge in [0.15, 0.2) is 0 Å². The zero-order valence-electron chi connectivity index (χ0n) is 12.1. The molecule has 2 nitrogen and oxygen atoms in total. The van der Waals surface area contributed by atoms with E-state index in [0.717, 1.165) is 12.8 Å². The van der Waals surface area contributed by atoms with Crippen LogP contribution in [0.15, 0.2) is 30.3 Å². The lowest BCUT2D eigenvalue weighted by molar-refractivity contribution is -0.177. The third-order valence-corrected chi connectivity index (χ3v) is 5.10. The van der Waals surface area contributed by atoms with Crippen LogP contribution in [0.2, 0.25) is 0 Å². The summed E-state index contributed by atoms with van der Waals surface area (Å²) >= 11 is 0. The summed E-state index contributed by atoms with van der Waals surface area (Å²) in [6.07, 6.45) is 3.53. The second-order valence-electron chi connectivity index (χ2n) is 6.35. The molecule has 0 bridgehead atoms. The fourth-order valence-corrected chi connectivity index (χ4v) is 3.81. The van der Waals surface area contributed by atoms with Gasteiger partial charge in [0.2, 0.25) is 0 Å². The van der Waals surface area contributed by atoms with Crippen molar-refractivity contribution in [1.82, 2.24) is 0 Å². The molecule has 1 unspecified atom stereocenters. The molecule has 0 aliphatic heterocycles. The van der Waals surface area contributed by atoms with Crippen molar-refractivity contribution in [2.75, 3.05) is 0 Å². The molecular formula is C16H24O2P-. The fourth-order valence-electron chi connectivity index (χ4n) is 3.43. The van der Waals surface area contributed by atoms with Crippen LogP contribution >= 0.6 is 9.03 Å². The number of hydrogen-bond acceptors (Lipinski definition) is 2. The normalized spacial score (nSPS) is 28.9. The highest BCUT2D eigenvalue weighted by atomic mass is 31.1. The van der Waals surface area contributed by atoms with Gasteiger partial charge in [0, 0.05) is 0 Å². The molecule has 1 saturated carbocycles. The molecule has 0 N–H and O–H groups in total. The molecule has 0 saturated heterocycles. The Labute approximate surface area is 118 Å². The average Bonchev–Trinajstić information content (AvgIpc) is 2.40. The van der Waals surface area contributed by atoms with Crippen molar-refractivity contribution >= 4 is 9.03 Å². The topological polar surface area (TPSA) is 32.3 Å². The summed E-state index contributed by atoms with van der Waals surface area (Å²) < 4.78 is 5.55. The summed E-state index contributed by atoms with van der Waals surface area (Å²) in [4.78, 5) is 10.9. The maximum Gasteiger partial charge on any atom is 0.0637 e. The molecular weight excluding hydrogens is 255 g/mol. The highest BCUT2D eigenvalue weighted by Crippen LogP contribution is 2.44. The predicted molar refractivity (Wildman–Crippen MR) is 79.2 cm³/mol. The number of hydrogen-bond donors (Lipinski definition) is 0. The van der Waals surface area contributed by atoms with Crippen LogP contribution in [0, 0.1) is 11.8 Å². The molecule has 0 spiro atoms. The smallest absolute Gasteiger partial charge is 0.0637 e. The van der Waals surface area contributed by atoms with Crippen molar-refractivity contribution in [2.45, 2.75) is 51.6 Å². The van der Waals surface area contributed by atoms with Gasteiger partial charge in [0.25, 0.3) is 0 Å². The third kappa shape index (κ3) is 3.37. The molecule has 1 aromatic rings. The summed E-state index contributed by atoms with van der Waals surface area (Å²) in [5.74, 6) is 1.11. The predicted octanol–water partition coefficient (Wildman–Crippen LogP) is 3.65. The number of rotatable bonds is 4. The van der Waals surface area contributed by atoms with Crippen LogP contribution in [0.3, 0.4) is 0 Å². The Morgan fingerprint density at radius 1 is 1.21 bits per heavy atom. The van der Waals surface area contributed by atoms with Crippen LogP contribution in [-0.4, -0.2) is 6.10 Å². The van der Waals surface area contributed by atoms with Gasteiger partial charge in [-0.3, -0.25) is 0 Å². The Hall–Kier alpha value is -0.430. The van der Waals surface area contributed by atoms with Crippen molar-refractivity contribution in [3.8, 4) is 0 Å². The first-order chi connectivity index (χ1) is 9.05. The summed E-state index contributed by atoms with van der Waals surface area (Å²) in [6, 6.07) is 10.6. The van der Waals surface area contributed by atoms with Gasteiger partial charge in [-0.1, -0.05) is 66.6 Å². The van der Waals surface area contributed by atoms with E-state index >= 15 is 0 Å². The van der Waals surface area contributed by atoms with Crippen LogP contribution in [0.25, 0.3) is 0 Å². The van der Waals surface area contributed by atoms with Gasteiger partial charge in [0.05, 0.1) is 6.10 Å². The highest BCUT2D eigenvalue weighted by Gasteiger charge is 2.40. The minimum absolute atomic E-state index is 0.0612. The monoisotopic (exact) mass is 279 g/mol. The van der Waals surface area contributed by atoms with Crippen LogP contribution in [0.1, 0.15) is 45.6 Å². The quantitative estimate of drug-likeness (QED) is 0.788. The Bertz CT molecular complexity index is 391. The first-order valence-corrected chi connectivity index (χ1v) is 7.95. The van der Waals surface area contributed by atoms with Crippen LogP contribution in [0.5, 0.6) is 0 Å². The lowest BCUT2D eigenvalue weighted by atomic mass is 9.64. The van der Waals surface area contributed by atoms with Crippen molar-refractivity contribution in [1.29, 1.82) is 0 Å². The zero-order valence-corrected chi connectivity index (χ0v) is 13.1. The molecule has 1 aromatic carbocycles. The second-order valence-corrected chi connectivity index (χ2v) is 6.75. The van der Waals surface area contributed by atoms with E-state index in [1.54, 1.807) is 0 Å². The Kier molecular flexibility index (Phi) is 5.00. The Morgan fingerprint density at radius 3 is 2.53 bits per heavy atom. The maximum absolute atomic E-state index is 10.9. The standard InChI is InChI=1S/C16H24O2P/c1-12-9-10-14(15(11-12)18-19-17)16(2,3)13-7-5-4-6-8-13/h4-8,12,14-15,19H,9-11H2,1-3H3/q-1/t12-,14-,15-/m1/s1. The molecule has 19 heavy (non-hydrogen) atoms. The summed E-state index contributed by atoms with van der Waals surface area (Å²) in [5.41, 5.74) is 1.41. The van der Waals surface area contributed by atoms with Gasteiger partial charge in [-0.05, 0) is 35.7 Å². The summed E-state index contributed by atoms with van der Waals surface area (Å²) in [5, 5.41) is 0. The molecule has 1 aliphatic rings. The molecule has 0 amide bonds. The van der Waals surface area contributed by atoms with Crippen LogP contribution in [0.4, 0.5) is 0 Å². The molecule has 1 aliphatic carbocycles. The van der Waals surface area contributed by atoms with E-state index in [2.05, 4.69) is 51.1 Å². The minimum Gasteiger partial charge on any atom is -0.810 e. The van der Waals surface area contributed by atoms with Crippen molar-refractivity contribution in [3.63, 3.8) is 0 Å². The minimum atomic E-state index is -0.649. The van der Waals surface area contributed by atoms with E-state index < -0.39 is 9.03 Å². The Balaban J connectivity index is 2.22. The van der Waals surface area contributed by atoms with E-state index in [-0.39, 0.29) is 11.5 Å². The molecule has 4 atom stereocenters. The van der Waals surface area contributed by atoms with E-state index in [1.807, 2.05) is 0 Å². The lowest BCUT2D eigenvalue weighted by Gasteiger charge is -2.44. The molecule has 0 heterocycles.